The molecule has 4 atom stereocenters. The molecular weight excluding hydrogens is 318 g/mol. The van der Waals surface area contributed by atoms with Gasteiger partial charge in [0, 0.05) is 12.6 Å². The van der Waals surface area contributed by atoms with E-state index in [0.29, 0.717) is 18.0 Å². The van der Waals surface area contributed by atoms with Crippen LogP contribution in [0.25, 0.3) is 11.0 Å². The number of ether oxygens (including phenoxy) is 2. The first-order valence-electron chi connectivity index (χ1n) is 7.90. The van der Waals surface area contributed by atoms with Crippen molar-refractivity contribution in [1.82, 2.24) is 14.5 Å². The standard InChI is InChI=1S/C16H20ClN3O3/c1-4-16(21)7-10(11-12(16)23-15(2,3)22-11)20-6-5-9-13(17)18-8-19-14(9)20/h5-6,8,10-12,21H,4,7H2,1-3H3/t10-,11+,12+,16+/m1/s1. The first-order chi connectivity index (χ1) is 10.8. The summed E-state index contributed by atoms with van der Waals surface area (Å²) in [5.41, 5.74) is -0.154. The average molecular weight is 338 g/mol. The van der Waals surface area contributed by atoms with Crippen LogP contribution in [-0.4, -0.2) is 43.2 Å². The topological polar surface area (TPSA) is 69.4 Å². The third-order valence-electron chi connectivity index (χ3n) is 5.03. The maximum Gasteiger partial charge on any atom is 0.164 e. The lowest BCUT2D eigenvalue weighted by Gasteiger charge is -2.29. The molecule has 1 saturated heterocycles. The second-order valence-electron chi connectivity index (χ2n) is 6.87. The molecule has 0 bridgehead atoms. The lowest BCUT2D eigenvalue weighted by Crippen LogP contribution is -2.41. The van der Waals surface area contributed by atoms with E-state index in [0.717, 1.165) is 11.0 Å². The molecule has 6 nitrogen and oxygen atoms in total. The van der Waals surface area contributed by atoms with Crippen molar-refractivity contribution < 1.29 is 14.6 Å². The normalized spacial score (nSPS) is 35.8. The zero-order valence-corrected chi connectivity index (χ0v) is 14.1. The second kappa shape index (κ2) is 4.89. The van der Waals surface area contributed by atoms with E-state index in [9.17, 15) is 5.11 Å². The van der Waals surface area contributed by atoms with Crippen molar-refractivity contribution >= 4 is 22.6 Å². The smallest absolute Gasteiger partial charge is 0.164 e. The van der Waals surface area contributed by atoms with Crippen molar-refractivity contribution in [3.8, 4) is 0 Å². The van der Waals surface area contributed by atoms with Gasteiger partial charge >= 0.3 is 0 Å². The van der Waals surface area contributed by atoms with Gasteiger partial charge in [-0.1, -0.05) is 18.5 Å². The number of aliphatic hydroxyl groups is 1. The second-order valence-corrected chi connectivity index (χ2v) is 7.23. The number of hydrogen-bond donors (Lipinski definition) is 1. The van der Waals surface area contributed by atoms with Crippen molar-refractivity contribution in [3.63, 3.8) is 0 Å². The Hall–Kier alpha value is -1.21. The fourth-order valence-electron chi connectivity index (χ4n) is 3.89. The maximum atomic E-state index is 11.0. The lowest BCUT2D eigenvalue weighted by atomic mass is 9.96. The van der Waals surface area contributed by atoms with Crippen molar-refractivity contribution in [3.05, 3.63) is 23.7 Å². The van der Waals surface area contributed by atoms with Crippen LogP contribution in [0.15, 0.2) is 18.6 Å². The molecule has 1 saturated carbocycles. The van der Waals surface area contributed by atoms with E-state index in [1.54, 1.807) is 0 Å². The van der Waals surface area contributed by atoms with Gasteiger partial charge in [0.2, 0.25) is 0 Å². The van der Waals surface area contributed by atoms with Gasteiger partial charge in [-0.15, -0.1) is 0 Å². The summed E-state index contributed by atoms with van der Waals surface area (Å²) in [6.07, 6.45) is 3.99. The van der Waals surface area contributed by atoms with Gasteiger partial charge in [0.05, 0.1) is 17.0 Å². The molecule has 23 heavy (non-hydrogen) atoms. The third-order valence-corrected chi connectivity index (χ3v) is 5.33. The summed E-state index contributed by atoms with van der Waals surface area (Å²) in [7, 11) is 0. The number of aromatic nitrogens is 3. The Bertz CT molecular complexity index is 762. The van der Waals surface area contributed by atoms with Gasteiger partial charge in [-0.25, -0.2) is 9.97 Å². The molecule has 0 unspecified atom stereocenters. The average Bonchev–Trinajstić information content (AvgIpc) is 3.12. The van der Waals surface area contributed by atoms with Crippen molar-refractivity contribution in [2.75, 3.05) is 0 Å². The van der Waals surface area contributed by atoms with Crippen LogP contribution in [-0.2, 0) is 9.47 Å². The molecule has 124 valence electrons. The van der Waals surface area contributed by atoms with Crippen molar-refractivity contribution in [2.45, 2.75) is 63.3 Å². The minimum Gasteiger partial charge on any atom is -0.387 e. The van der Waals surface area contributed by atoms with Crippen LogP contribution in [0.3, 0.4) is 0 Å². The van der Waals surface area contributed by atoms with Crippen LogP contribution in [0.2, 0.25) is 5.15 Å². The number of fused-ring (bicyclic) bond motifs is 2. The van der Waals surface area contributed by atoms with E-state index in [1.807, 2.05) is 37.6 Å². The predicted molar refractivity (Wildman–Crippen MR) is 85.3 cm³/mol. The summed E-state index contributed by atoms with van der Waals surface area (Å²) < 4.78 is 14.1. The molecule has 0 amide bonds. The summed E-state index contributed by atoms with van der Waals surface area (Å²) in [6, 6.07) is 1.84. The minimum atomic E-state index is -0.906. The van der Waals surface area contributed by atoms with E-state index in [4.69, 9.17) is 21.1 Å². The van der Waals surface area contributed by atoms with Crippen LogP contribution < -0.4 is 0 Å². The Morgan fingerprint density at radius 2 is 2.17 bits per heavy atom. The van der Waals surface area contributed by atoms with Crippen LogP contribution >= 0.6 is 11.6 Å². The first kappa shape index (κ1) is 15.3. The number of rotatable bonds is 2. The van der Waals surface area contributed by atoms with E-state index in [2.05, 4.69) is 9.97 Å². The molecule has 4 rings (SSSR count). The van der Waals surface area contributed by atoms with Crippen molar-refractivity contribution in [2.24, 2.45) is 0 Å². The Morgan fingerprint density at radius 1 is 1.39 bits per heavy atom. The monoisotopic (exact) mass is 337 g/mol. The molecule has 0 aromatic carbocycles. The summed E-state index contributed by atoms with van der Waals surface area (Å²) in [5, 5.41) is 12.3. The summed E-state index contributed by atoms with van der Waals surface area (Å²) in [5.74, 6) is -0.702. The number of halogens is 1. The molecule has 2 fully saturated rings. The molecule has 2 aliphatic rings. The summed E-state index contributed by atoms with van der Waals surface area (Å²) >= 11 is 6.15. The number of hydrogen-bond acceptors (Lipinski definition) is 5. The highest BCUT2D eigenvalue weighted by Gasteiger charge is 2.60. The Morgan fingerprint density at radius 3 is 2.91 bits per heavy atom. The molecule has 2 aromatic rings. The van der Waals surface area contributed by atoms with Gasteiger partial charge in [0.25, 0.3) is 0 Å². The first-order valence-corrected chi connectivity index (χ1v) is 8.27. The predicted octanol–water partition coefficient (Wildman–Crippen LogP) is 2.69. The zero-order valence-electron chi connectivity index (χ0n) is 13.4. The van der Waals surface area contributed by atoms with Crippen LogP contribution in [0.5, 0.6) is 0 Å². The van der Waals surface area contributed by atoms with Gasteiger partial charge in [0.15, 0.2) is 5.79 Å². The Labute approximate surface area is 139 Å². The highest BCUT2D eigenvalue weighted by Crippen LogP contribution is 2.50. The maximum absolute atomic E-state index is 11.0. The SMILES string of the molecule is CC[C@]1(O)C[C@@H](n2ccc3c(Cl)ncnc32)[C@@H]2OC(C)(C)O[C@@H]21. The molecule has 2 aromatic heterocycles. The van der Waals surface area contributed by atoms with Crippen LogP contribution in [0, 0.1) is 0 Å². The van der Waals surface area contributed by atoms with E-state index >= 15 is 0 Å². The fraction of sp³-hybridized carbons (Fsp3) is 0.625. The number of nitrogens with zero attached hydrogens (tertiary/aromatic N) is 3. The minimum absolute atomic E-state index is 0.0600. The van der Waals surface area contributed by atoms with E-state index < -0.39 is 11.4 Å². The summed E-state index contributed by atoms with van der Waals surface area (Å²) in [6.45, 7) is 5.73. The molecule has 1 aliphatic heterocycles. The fourth-order valence-corrected chi connectivity index (χ4v) is 4.08. The van der Waals surface area contributed by atoms with Crippen LogP contribution in [0.1, 0.15) is 39.7 Å². The van der Waals surface area contributed by atoms with Gasteiger partial charge in [-0.3, -0.25) is 0 Å². The van der Waals surface area contributed by atoms with Crippen LogP contribution in [0.4, 0.5) is 0 Å². The zero-order chi connectivity index (χ0) is 16.4. The molecule has 3 heterocycles. The van der Waals surface area contributed by atoms with Gasteiger partial charge < -0.3 is 19.1 Å². The highest BCUT2D eigenvalue weighted by molar-refractivity contribution is 6.33. The molecule has 1 aliphatic carbocycles. The van der Waals surface area contributed by atoms with Gasteiger partial charge in [-0.05, 0) is 26.3 Å². The molecular formula is C16H20ClN3O3. The molecule has 7 heteroatoms. The van der Waals surface area contributed by atoms with Crippen molar-refractivity contribution in [1.29, 1.82) is 0 Å². The molecule has 0 spiro atoms. The molecule has 0 radical (unpaired) electrons. The largest absolute Gasteiger partial charge is 0.387 e. The highest BCUT2D eigenvalue weighted by atomic mass is 35.5. The Balaban J connectivity index is 1.80. The van der Waals surface area contributed by atoms with Gasteiger partial charge in [-0.2, -0.15) is 0 Å². The van der Waals surface area contributed by atoms with E-state index in [-0.39, 0.29) is 18.2 Å². The molecule has 1 N–H and O–H groups in total. The summed E-state index contributed by atoms with van der Waals surface area (Å²) in [4.78, 5) is 8.38. The Kier molecular flexibility index (Phi) is 3.26. The van der Waals surface area contributed by atoms with E-state index in [1.165, 1.54) is 6.33 Å². The lowest BCUT2D eigenvalue weighted by molar-refractivity contribution is -0.182. The third kappa shape index (κ3) is 2.20. The quantitative estimate of drug-likeness (QED) is 0.853. The van der Waals surface area contributed by atoms with Gasteiger partial charge in [0.1, 0.15) is 29.3 Å².